The lowest BCUT2D eigenvalue weighted by Crippen LogP contribution is -2.31. The van der Waals surface area contributed by atoms with E-state index in [1.54, 1.807) is 31.2 Å². The number of aromatic amines is 2. The van der Waals surface area contributed by atoms with E-state index in [0.717, 1.165) is 5.56 Å². The van der Waals surface area contributed by atoms with Crippen LogP contribution in [0.5, 0.6) is 0 Å². The van der Waals surface area contributed by atoms with Crippen LogP contribution in [0.4, 0.5) is 5.69 Å². The smallest absolute Gasteiger partial charge is 0.310 e. The van der Waals surface area contributed by atoms with Crippen LogP contribution in [-0.4, -0.2) is 18.4 Å². The molecule has 0 radical (unpaired) electrons. The summed E-state index contributed by atoms with van der Waals surface area (Å²) >= 11 is 0. The Hall–Kier alpha value is -2.35. The molecule has 0 saturated carbocycles. The zero-order chi connectivity index (χ0) is 14.9. The quantitative estimate of drug-likeness (QED) is 0.764. The van der Waals surface area contributed by atoms with E-state index in [0.29, 0.717) is 5.69 Å². The van der Waals surface area contributed by atoms with E-state index in [9.17, 15) is 18.0 Å². The molecule has 0 aliphatic rings. The number of hydrogen-bond acceptors (Lipinski definition) is 4. The molecule has 0 saturated heterocycles. The van der Waals surface area contributed by atoms with Gasteiger partial charge in [0.25, 0.3) is 15.6 Å². The van der Waals surface area contributed by atoms with Crippen LogP contribution in [0.1, 0.15) is 11.3 Å². The SMILES string of the molecule is Cc1ccccc1NS(=O)(=O)c1c(C)[nH]c(=O)[nH]c1=O. The van der Waals surface area contributed by atoms with Crippen LogP contribution in [0, 0.1) is 13.8 Å². The first-order valence-electron chi connectivity index (χ1n) is 5.73. The third kappa shape index (κ3) is 2.64. The fraction of sp³-hybridized carbons (Fsp3) is 0.167. The van der Waals surface area contributed by atoms with E-state index in [1.807, 2.05) is 4.98 Å². The molecule has 0 amide bonds. The number of para-hydroxylation sites is 1. The number of aromatic nitrogens is 2. The average Bonchev–Trinajstić information content (AvgIpc) is 2.30. The van der Waals surface area contributed by atoms with Gasteiger partial charge in [-0.05, 0) is 25.5 Å². The molecule has 20 heavy (non-hydrogen) atoms. The van der Waals surface area contributed by atoms with Crippen molar-refractivity contribution >= 4 is 15.7 Å². The van der Waals surface area contributed by atoms with Crippen LogP contribution in [0.2, 0.25) is 0 Å². The van der Waals surface area contributed by atoms with Crippen molar-refractivity contribution in [1.29, 1.82) is 0 Å². The first kappa shape index (κ1) is 14.1. The van der Waals surface area contributed by atoms with Crippen molar-refractivity contribution in [1.82, 2.24) is 9.97 Å². The molecule has 1 aromatic carbocycles. The summed E-state index contributed by atoms with van der Waals surface area (Å²) in [4.78, 5) is 26.4. The lowest BCUT2D eigenvalue weighted by atomic mass is 10.2. The summed E-state index contributed by atoms with van der Waals surface area (Å²) in [5.41, 5.74) is -0.624. The highest BCUT2D eigenvalue weighted by Crippen LogP contribution is 2.18. The molecule has 8 heteroatoms. The van der Waals surface area contributed by atoms with Crippen LogP contribution in [-0.2, 0) is 10.0 Å². The molecule has 0 bridgehead atoms. The second kappa shape index (κ2) is 4.97. The van der Waals surface area contributed by atoms with Crippen molar-refractivity contribution in [3.63, 3.8) is 0 Å². The van der Waals surface area contributed by atoms with Crippen molar-refractivity contribution in [2.24, 2.45) is 0 Å². The Kier molecular flexibility index (Phi) is 3.49. The minimum Gasteiger partial charge on any atom is -0.310 e. The van der Waals surface area contributed by atoms with Crippen LogP contribution < -0.4 is 16.0 Å². The van der Waals surface area contributed by atoms with Gasteiger partial charge in [-0.25, -0.2) is 13.2 Å². The molecular formula is C12H13N3O4S. The highest BCUT2D eigenvalue weighted by molar-refractivity contribution is 7.92. The monoisotopic (exact) mass is 295 g/mol. The molecule has 106 valence electrons. The second-order valence-corrected chi connectivity index (χ2v) is 5.90. The average molecular weight is 295 g/mol. The predicted molar refractivity (Wildman–Crippen MR) is 74.4 cm³/mol. The number of sulfonamides is 1. The number of H-pyrrole nitrogens is 2. The summed E-state index contributed by atoms with van der Waals surface area (Å²) in [6, 6.07) is 6.77. The largest absolute Gasteiger partial charge is 0.325 e. The van der Waals surface area contributed by atoms with Crippen molar-refractivity contribution in [3.8, 4) is 0 Å². The Morgan fingerprint density at radius 2 is 1.70 bits per heavy atom. The third-order valence-electron chi connectivity index (χ3n) is 2.73. The highest BCUT2D eigenvalue weighted by atomic mass is 32.2. The summed E-state index contributed by atoms with van der Waals surface area (Å²) in [6.45, 7) is 3.09. The van der Waals surface area contributed by atoms with Gasteiger partial charge in [0.1, 0.15) is 0 Å². The molecule has 0 unspecified atom stereocenters. The summed E-state index contributed by atoms with van der Waals surface area (Å²) in [6.07, 6.45) is 0. The van der Waals surface area contributed by atoms with Crippen molar-refractivity contribution in [2.75, 3.05) is 4.72 Å². The minimum atomic E-state index is -4.08. The molecule has 2 aromatic rings. The first-order valence-corrected chi connectivity index (χ1v) is 7.21. The van der Waals surface area contributed by atoms with Crippen LogP contribution in [0.3, 0.4) is 0 Å². The molecule has 0 fully saturated rings. The van der Waals surface area contributed by atoms with Gasteiger partial charge < -0.3 is 4.98 Å². The maximum absolute atomic E-state index is 12.3. The zero-order valence-corrected chi connectivity index (χ0v) is 11.7. The topological polar surface area (TPSA) is 112 Å². The number of anilines is 1. The van der Waals surface area contributed by atoms with Gasteiger partial charge in [0.15, 0.2) is 4.90 Å². The molecule has 1 heterocycles. The standard InChI is InChI=1S/C12H13N3O4S/c1-7-5-3-4-6-9(7)15-20(18,19)10-8(2)13-12(17)14-11(10)16/h3-6,15H,1-2H3,(H2,13,14,16,17). The molecular weight excluding hydrogens is 282 g/mol. The molecule has 1 aromatic heterocycles. The minimum absolute atomic E-state index is 0.0140. The van der Waals surface area contributed by atoms with Gasteiger partial charge in [-0.1, -0.05) is 18.2 Å². The molecule has 2 rings (SSSR count). The number of nitrogens with one attached hydrogen (secondary N) is 3. The van der Waals surface area contributed by atoms with E-state index in [-0.39, 0.29) is 5.69 Å². The summed E-state index contributed by atoms with van der Waals surface area (Å²) < 4.78 is 26.8. The van der Waals surface area contributed by atoms with Gasteiger partial charge in [-0.15, -0.1) is 0 Å². The first-order chi connectivity index (χ1) is 9.31. The van der Waals surface area contributed by atoms with Gasteiger partial charge in [0.2, 0.25) is 0 Å². The Bertz CT molecular complexity index is 865. The molecule has 0 aliphatic heterocycles. The number of aryl methyl sites for hydroxylation is 2. The van der Waals surface area contributed by atoms with Crippen molar-refractivity contribution in [3.05, 3.63) is 56.4 Å². The Balaban J connectivity index is 2.55. The van der Waals surface area contributed by atoms with Crippen molar-refractivity contribution < 1.29 is 8.42 Å². The molecule has 0 aliphatic carbocycles. The van der Waals surface area contributed by atoms with Gasteiger partial charge >= 0.3 is 5.69 Å². The number of rotatable bonds is 3. The Labute approximate surface area is 114 Å². The zero-order valence-electron chi connectivity index (χ0n) is 10.9. The Morgan fingerprint density at radius 1 is 1.05 bits per heavy atom. The van der Waals surface area contributed by atoms with Crippen LogP contribution in [0.15, 0.2) is 38.8 Å². The van der Waals surface area contributed by atoms with Crippen LogP contribution >= 0.6 is 0 Å². The lowest BCUT2D eigenvalue weighted by molar-refractivity contribution is 0.598. The molecule has 7 nitrogen and oxygen atoms in total. The summed E-state index contributed by atoms with van der Waals surface area (Å²) in [5, 5.41) is 0. The van der Waals surface area contributed by atoms with Gasteiger partial charge in [-0.3, -0.25) is 14.5 Å². The summed E-state index contributed by atoms with van der Waals surface area (Å²) in [5.74, 6) is 0. The second-order valence-electron chi connectivity index (χ2n) is 4.28. The highest BCUT2D eigenvalue weighted by Gasteiger charge is 2.22. The Morgan fingerprint density at radius 3 is 2.30 bits per heavy atom. The molecule has 3 N–H and O–H groups in total. The predicted octanol–water partition coefficient (Wildman–Crippen LogP) is 0.481. The molecule has 0 spiro atoms. The van der Waals surface area contributed by atoms with E-state index in [2.05, 4.69) is 9.71 Å². The third-order valence-corrected chi connectivity index (χ3v) is 4.25. The van der Waals surface area contributed by atoms with Gasteiger partial charge in [0, 0.05) is 5.69 Å². The lowest BCUT2D eigenvalue weighted by Gasteiger charge is -2.10. The van der Waals surface area contributed by atoms with E-state index in [4.69, 9.17) is 0 Å². The maximum atomic E-state index is 12.3. The van der Waals surface area contributed by atoms with E-state index < -0.39 is 26.2 Å². The van der Waals surface area contributed by atoms with Crippen LogP contribution in [0.25, 0.3) is 0 Å². The van der Waals surface area contributed by atoms with E-state index in [1.165, 1.54) is 6.92 Å². The number of benzene rings is 1. The van der Waals surface area contributed by atoms with E-state index >= 15 is 0 Å². The molecule has 0 atom stereocenters. The van der Waals surface area contributed by atoms with Gasteiger partial charge in [0.05, 0.1) is 5.69 Å². The fourth-order valence-corrected chi connectivity index (χ4v) is 3.17. The number of hydrogen-bond donors (Lipinski definition) is 3. The summed E-state index contributed by atoms with van der Waals surface area (Å²) in [7, 11) is -4.08. The fourth-order valence-electron chi connectivity index (χ4n) is 1.80. The normalized spacial score (nSPS) is 11.3. The van der Waals surface area contributed by atoms with Crippen molar-refractivity contribution in [2.45, 2.75) is 18.7 Å². The van der Waals surface area contributed by atoms with Gasteiger partial charge in [-0.2, -0.15) is 0 Å². The maximum Gasteiger partial charge on any atom is 0.325 e.